The molecule has 1 aliphatic heterocycles. The van der Waals surface area contributed by atoms with Gasteiger partial charge in [-0.1, -0.05) is 32.9 Å². The van der Waals surface area contributed by atoms with Crippen LogP contribution in [0.15, 0.2) is 47.4 Å². The highest BCUT2D eigenvalue weighted by Gasteiger charge is 2.39. The zero-order chi connectivity index (χ0) is 19.8. The van der Waals surface area contributed by atoms with Crippen molar-refractivity contribution in [3.05, 3.63) is 48.0 Å². The van der Waals surface area contributed by atoms with Gasteiger partial charge in [-0.3, -0.25) is 4.21 Å². The summed E-state index contributed by atoms with van der Waals surface area (Å²) in [5, 5.41) is 0.109. The zero-order valence-electron chi connectivity index (χ0n) is 16.9. The first-order valence-electron chi connectivity index (χ1n) is 9.13. The van der Waals surface area contributed by atoms with E-state index in [2.05, 4.69) is 33.9 Å². The average Bonchev–Trinajstić information content (AvgIpc) is 2.61. The molecule has 4 nitrogen and oxygen atoms in total. The average molecular weight is 405 g/mol. The maximum atomic E-state index is 12.9. The van der Waals surface area contributed by atoms with E-state index in [9.17, 15) is 4.21 Å². The van der Waals surface area contributed by atoms with Crippen LogP contribution < -0.4 is 13.9 Å². The quantitative estimate of drug-likeness (QED) is 0.647. The summed E-state index contributed by atoms with van der Waals surface area (Å²) in [5.74, 6) is 2.68. The Morgan fingerprint density at radius 3 is 2.30 bits per heavy atom. The van der Waals surface area contributed by atoms with E-state index in [0.29, 0.717) is 11.5 Å². The van der Waals surface area contributed by atoms with Gasteiger partial charge in [0.25, 0.3) is 0 Å². The van der Waals surface area contributed by atoms with Gasteiger partial charge in [0.2, 0.25) is 8.32 Å². The summed E-state index contributed by atoms with van der Waals surface area (Å²) in [5.41, 5.74) is 0.997. The zero-order valence-corrected chi connectivity index (χ0v) is 18.7. The van der Waals surface area contributed by atoms with E-state index in [1.54, 1.807) is 7.11 Å². The van der Waals surface area contributed by atoms with Gasteiger partial charge in [-0.05, 0) is 54.0 Å². The predicted molar refractivity (Wildman–Crippen MR) is 112 cm³/mol. The van der Waals surface area contributed by atoms with Gasteiger partial charge in [0.05, 0.1) is 28.6 Å². The van der Waals surface area contributed by atoms with Crippen LogP contribution in [0.25, 0.3) is 0 Å². The number of methoxy groups -OCH3 is 1. The SMILES string of the molecule is COc1ccc(C2CS(=O)c3cc(O[Si](C)(C)C(C)(C)C)ccc3O2)cc1. The fraction of sp³-hybridized carbons (Fsp3) is 0.429. The molecule has 0 saturated heterocycles. The van der Waals surface area contributed by atoms with Crippen LogP contribution in [0.1, 0.15) is 32.4 Å². The van der Waals surface area contributed by atoms with E-state index >= 15 is 0 Å². The van der Waals surface area contributed by atoms with Crippen LogP contribution in [-0.2, 0) is 10.8 Å². The monoisotopic (exact) mass is 404 g/mol. The van der Waals surface area contributed by atoms with Gasteiger partial charge in [0.15, 0.2) is 0 Å². The minimum absolute atomic E-state index is 0.109. The molecule has 2 aromatic rings. The van der Waals surface area contributed by atoms with Crippen LogP contribution in [0, 0.1) is 0 Å². The van der Waals surface area contributed by atoms with Crippen molar-refractivity contribution in [1.29, 1.82) is 0 Å². The maximum absolute atomic E-state index is 12.9. The summed E-state index contributed by atoms with van der Waals surface area (Å²) in [4.78, 5) is 0.718. The molecule has 0 fully saturated rings. The normalized spacial score (nSPS) is 19.8. The van der Waals surface area contributed by atoms with Crippen molar-refractivity contribution < 1.29 is 18.1 Å². The third-order valence-corrected chi connectivity index (χ3v) is 11.2. The van der Waals surface area contributed by atoms with Gasteiger partial charge in [0, 0.05) is 0 Å². The highest BCUT2D eigenvalue weighted by atomic mass is 32.2. The highest BCUT2D eigenvalue weighted by molar-refractivity contribution is 7.85. The number of rotatable bonds is 4. The Morgan fingerprint density at radius 2 is 1.70 bits per heavy atom. The van der Waals surface area contributed by atoms with Gasteiger partial charge >= 0.3 is 0 Å². The highest BCUT2D eigenvalue weighted by Crippen LogP contribution is 2.40. The van der Waals surface area contributed by atoms with E-state index in [-0.39, 0.29) is 11.1 Å². The lowest BCUT2D eigenvalue weighted by Gasteiger charge is -2.36. The van der Waals surface area contributed by atoms with Gasteiger partial charge in [-0.2, -0.15) is 0 Å². The van der Waals surface area contributed by atoms with Crippen molar-refractivity contribution >= 4 is 19.1 Å². The van der Waals surface area contributed by atoms with Crippen molar-refractivity contribution in [2.45, 2.75) is 49.9 Å². The molecule has 1 heterocycles. The van der Waals surface area contributed by atoms with Gasteiger partial charge in [0.1, 0.15) is 23.4 Å². The molecule has 0 amide bonds. The molecule has 27 heavy (non-hydrogen) atoms. The second kappa shape index (κ2) is 7.32. The molecule has 6 heteroatoms. The molecule has 0 aliphatic carbocycles. The summed E-state index contributed by atoms with van der Waals surface area (Å²) in [7, 11) is -1.43. The molecule has 0 bridgehead atoms. The first kappa shape index (κ1) is 20.0. The number of benzene rings is 2. The van der Waals surface area contributed by atoms with Gasteiger partial charge in [-0.15, -0.1) is 0 Å². The van der Waals surface area contributed by atoms with E-state index in [4.69, 9.17) is 13.9 Å². The topological polar surface area (TPSA) is 44.8 Å². The van der Waals surface area contributed by atoms with E-state index in [1.165, 1.54) is 0 Å². The van der Waals surface area contributed by atoms with Gasteiger partial charge in [-0.25, -0.2) is 0 Å². The van der Waals surface area contributed by atoms with Crippen molar-refractivity contribution in [2.24, 2.45) is 0 Å². The number of fused-ring (bicyclic) bond motifs is 1. The van der Waals surface area contributed by atoms with Crippen LogP contribution in [0.2, 0.25) is 18.1 Å². The third-order valence-electron chi connectivity index (χ3n) is 5.40. The van der Waals surface area contributed by atoms with Crippen molar-refractivity contribution in [1.82, 2.24) is 0 Å². The molecular formula is C21H28O4SSi. The molecule has 146 valence electrons. The summed E-state index contributed by atoms with van der Waals surface area (Å²) in [6, 6.07) is 13.4. The summed E-state index contributed by atoms with van der Waals surface area (Å²) in [6.07, 6.45) is -0.226. The molecule has 1 aliphatic rings. The molecule has 0 aromatic heterocycles. The Hall–Kier alpha value is -1.79. The molecule has 0 N–H and O–H groups in total. The lowest BCUT2D eigenvalue weighted by Crippen LogP contribution is -2.43. The summed E-state index contributed by atoms with van der Waals surface area (Å²) < 4.78 is 30.6. The van der Waals surface area contributed by atoms with Crippen molar-refractivity contribution in [3.63, 3.8) is 0 Å². The first-order valence-corrected chi connectivity index (χ1v) is 13.4. The Morgan fingerprint density at radius 1 is 1.07 bits per heavy atom. The van der Waals surface area contributed by atoms with Crippen LogP contribution in [0.4, 0.5) is 0 Å². The Kier molecular flexibility index (Phi) is 5.41. The van der Waals surface area contributed by atoms with Crippen LogP contribution >= 0.6 is 0 Å². The molecule has 0 spiro atoms. The maximum Gasteiger partial charge on any atom is 0.250 e. The minimum atomic E-state index is -1.94. The van der Waals surface area contributed by atoms with Crippen LogP contribution in [-0.4, -0.2) is 25.4 Å². The third kappa shape index (κ3) is 4.22. The number of ether oxygens (including phenoxy) is 2. The van der Waals surface area contributed by atoms with E-state index < -0.39 is 19.1 Å². The predicted octanol–water partition coefficient (Wildman–Crippen LogP) is 5.32. The Balaban J connectivity index is 1.82. The van der Waals surface area contributed by atoms with Gasteiger partial charge < -0.3 is 13.9 Å². The molecular weight excluding hydrogens is 376 g/mol. The Bertz CT molecular complexity index is 840. The van der Waals surface area contributed by atoms with E-state index in [0.717, 1.165) is 22.0 Å². The minimum Gasteiger partial charge on any atom is -0.543 e. The number of hydrogen-bond acceptors (Lipinski definition) is 4. The largest absolute Gasteiger partial charge is 0.543 e. The summed E-state index contributed by atoms with van der Waals surface area (Å²) >= 11 is 0. The fourth-order valence-electron chi connectivity index (χ4n) is 2.67. The van der Waals surface area contributed by atoms with Crippen LogP contribution in [0.5, 0.6) is 17.2 Å². The standard InChI is InChI=1S/C21H28O4SSi/c1-21(2,3)27(5,6)25-17-11-12-18-20(13-17)26(22)14-19(24-18)15-7-9-16(23-4)10-8-15/h7-13,19H,14H2,1-6H3. The fourth-order valence-corrected chi connectivity index (χ4v) is 5.00. The molecule has 2 aromatic carbocycles. The van der Waals surface area contributed by atoms with Crippen LogP contribution in [0.3, 0.4) is 0 Å². The second-order valence-corrected chi connectivity index (χ2v) is 14.6. The van der Waals surface area contributed by atoms with Crippen molar-refractivity contribution in [2.75, 3.05) is 12.9 Å². The molecule has 0 radical (unpaired) electrons. The molecule has 2 unspecified atom stereocenters. The lowest BCUT2D eigenvalue weighted by atomic mass is 10.1. The molecule has 2 atom stereocenters. The molecule has 0 saturated carbocycles. The molecule has 3 rings (SSSR count). The number of hydrogen-bond donors (Lipinski definition) is 0. The lowest BCUT2D eigenvalue weighted by molar-refractivity contribution is 0.217. The second-order valence-electron chi connectivity index (χ2n) is 8.36. The first-order chi connectivity index (χ1) is 12.6. The summed E-state index contributed by atoms with van der Waals surface area (Å²) in [6.45, 7) is 11.0. The smallest absolute Gasteiger partial charge is 0.250 e. The van der Waals surface area contributed by atoms with Crippen molar-refractivity contribution in [3.8, 4) is 17.2 Å². The van der Waals surface area contributed by atoms with E-state index in [1.807, 2.05) is 42.5 Å². The Labute approximate surface area is 165 Å².